The van der Waals surface area contributed by atoms with Gasteiger partial charge in [0.25, 0.3) is 0 Å². The van der Waals surface area contributed by atoms with Crippen LogP contribution in [0.3, 0.4) is 0 Å². The zero-order chi connectivity index (χ0) is 21.8. The molecule has 2 aromatic heterocycles. The maximum atomic E-state index is 11.1. The van der Waals surface area contributed by atoms with E-state index >= 15 is 0 Å². The number of nitrogens with one attached hydrogen (secondary N) is 1. The second kappa shape index (κ2) is 9.29. The van der Waals surface area contributed by atoms with E-state index in [1.807, 2.05) is 12.3 Å². The van der Waals surface area contributed by atoms with Crippen molar-refractivity contribution in [3.05, 3.63) is 24.7 Å². The SMILES string of the molecule is FC1(F)CC1.[B]=CN1C2CCC1CN(c1ccnc(Nc3cnn(CCCO)c3)n1)C2. The van der Waals surface area contributed by atoms with Crippen LogP contribution in [-0.4, -0.2) is 81.0 Å². The summed E-state index contributed by atoms with van der Waals surface area (Å²) in [5.74, 6) is -0.756. The third-order valence-electron chi connectivity index (χ3n) is 5.74. The molecule has 2 bridgehead atoms. The van der Waals surface area contributed by atoms with Crippen molar-refractivity contribution in [1.82, 2.24) is 24.6 Å². The Labute approximate surface area is 181 Å². The van der Waals surface area contributed by atoms with Gasteiger partial charge in [-0.2, -0.15) is 0 Å². The summed E-state index contributed by atoms with van der Waals surface area (Å²) in [5, 5.41) is 16.4. The molecule has 4 heterocycles. The first kappa shape index (κ1) is 21.7. The molecule has 31 heavy (non-hydrogen) atoms. The first-order chi connectivity index (χ1) is 15.0. The van der Waals surface area contributed by atoms with Crippen LogP contribution < -0.4 is 10.2 Å². The van der Waals surface area contributed by atoms with Gasteiger partial charge in [0.2, 0.25) is 5.92 Å². The molecule has 1 aliphatic carbocycles. The van der Waals surface area contributed by atoms with Gasteiger partial charge >= 0.3 is 129 Å². The number of fused-ring (bicyclic) bond motifs is 2. The Morgan fingerprint density at radius 2 is 1.97 bits per heavy atom. The van der Waals surface area contributed by atoms with Crippen LogP contribution in [0.5, 0.6) is 0 Å². The number of aryl methyl sites for hydroxylation is 1. The van der Waals surface area contributed by atoms with Crippen LogP contribution in [0.4, 0.5) is 26.2 Å². The molecule has 3 fully saturated rings. The van der Waals surface area contributed by atoms with Gasteiger partial charge in [0.15, 0.2) is 0 Å². The van der Waals surface area contributed by atoms with Gasteiger partial charge in [-0.1, -0.05) is 0 Å². The van der Waals surface area contributed by atoms with Crippen molar-refractivity contribution >= 4 is 31.0 Å². The minimum absolute atomic E-state index is 0.118. The summed E-state index contributed by atoms with van der Waals surface area (Å²) in [7, 11) is 5.78. The molecular weight excluding hydrogens is 403 g/mol. The number of alkyl halides is 2. The number of nitrogens with zero attached hydrogens (tertiary/aromatic N) is 6. The summed E-state index contributed by atoms with van der Waals surface area (Å²) in [6, 6.07) is 2.89. The minimum atomic E-state index is -2.25. The number of anilines is 3. The molecular formula is C20H27BF2N7O. The Balaban J connectivity index is 0.000000407. The monoisotopic (exact) mass is 430 g/mol. The topological polar surface area (TPSA) is 82.3 Å². The van der Waals surface area contributed by atoms with Crippen LogP contribution in [-0.2, 0) is 6.54 Å². The summed E-state index contributed by atoms with van der Waals surface area (Å²) >= 11 is 0. The first-order valence-electron chi connectivity index (χ1n) is 10.7. The van der Waals surface area contributed by atoms with Crippen LogP contribution in [0.1, 0.15) is 32.1 Å². The second-order valence-electron chi connectivity index (χ2n) is 8.17. The average Bonchev–Trinajstić information content (AvgIpc) is 3.17. The summed E-state index contributed by atoms with van der Waals surface area (Å²) in [4.78, 5) is 13.6. The molecule has 2 saturated heterocycles. The fourth-order valence-electron chi connectivity index (χ4n) is 3.96. The van der Waals surface area contributed by atoms with E-state index in [0.717, 1.165) is 24.6 Å². The molecule has 0 spiro atoms. The number of piperazine rings is 1. The Kier molecular flexibility index (Phi) is 6.50. The number of aromatic nitrogens is 4. The number of halogens is 2. The molecule has 2 aliphatic heterocycles. The number of hydrogen-bond donors (Lipinski definition) is 2. The van der Waals surface area contributed by atoms with Gasteiger partial charge in [-0.25, -0.2) is 8.78 Å². The van der Waals surface area contributed by atoms with Gasteiger partial charge in [-0.15, -0.1) is 0 Å². The van der Waals surface area contributed by atoms with E-state index in [2.05, 4.69) is 30.2 Å². The summed E-state index contributed by atoms with van der Waals surface area (Å²) < 4.78 is 24.1. The first-order valence-corrected chi connectivity index (χ1v) is 10.7. The third kappa shape index (κ3) is 5.58. The number of rotatable bonds is 7. The van der Waals surface area contributed by atoms with Crippen molar-refractivity contribution in [3.8, 4) is 0 Å². The standard InChI is InChI=1S/C17H23BN7O.C3H4F2/c18-12-25-14-2-3-15(25)11-23(10-14)16-4-5-19-17(22-16)21-13-8-20-24(9-13)6-1-7-26;4-3(5)1-2-3/h4-5,8-9,12,14-15,26H,1-3,6-7,10-11H2,(H,19,21,22);1-2H2. The van der Waals surface area contributed by atoms with E-state index in [4.69, 9.17) is 12.6 Å². The Morgan fingerprint density at radius 3 is 2.58 bits per heavy atom. The zero-order valence-electron chi connectivity index (χ0n) is 17.4. The van der Waals surface area contributed by atoms with Gasteiger partial charge < -0.3 is 5.11 Å². The van der Waals surface area contributed by atoms with Crippen LogP contribution in [0.25, 0.3) is 0 Å². The van der Waals surface area contributed by atoms with Crippen molar-refractivity contribution in [2.75, 3.05) is 29.9 Å². The van der Waals surface area contributed by atoms with E-state index in [1.165, 1.54) is 12.8 Å². The summed E-state index contributed by atoms with van der Waals surface area (Å²) in [6.45, 7) is 2.70. The van der Waals surface area contributed by atoms with Gasteiger partial charge in [0, 0.05) is 26.0 Å². The predicted octanol–water partition coefficient (Wildman–Crippen LogP) is 1.80. The Bertz CT molecular complexity index is 876. The molecule has 2 N–H and O–H groups in total. The van der Waals surface area contributed by atoms with E-state index < -0.39 is 5.92 Å². The van der Waals surface area contributed by atoms with E-state index in [0.29, 0.717) is 31.0 Å². The van der Waals surface area contributed by atoms with Crippen molar-refractivity contribution in [2.24, 2.45) is 0 Å². The Hall–Kier alpha value is -2.56. The van der Waals surface area contributed by atoms with Gasteiger partial charge in [0.05, 0.1) is 0 Å². The van der Waals surface area contributed by atoms with Gasteiger partial charge in [-0.3, -0.25) is 0 Å². The fraction of sp³-hybridized carbons (Fsp3) is 0.600. The fourth-order valence-corrected chi connectivity index (χ4v) is 3.96. The molecule has 165 valence electrons. The number of hydrogen-bond acceptors (Lipinski definition) is 7. The molecule has 2 aromatic rings. The van der Waals surface area contributed by atoms with Crippen LogP contribution in [0.15, 0.2) is 24.7 Å². The normalized spacial score (nSPS) is 23.2. The van der Waals surface area contributed by atoms with Crippen molar-refractivity contribution in [2.45, 2.75) is 56.7 Å². The van der Waals surface area contributed by atoms with Crippen LogP contribution in [0, 0.1) is 0 Å². The van der Waals surface area contributed by atoms with Crippen molar-refractivity contribution in [1.29, 1.82) is 0 Å². The number of aliphatic hydroxyl groups excluding tert-OH is 1. The molecule has 1 saturated carbocycles. The number of aliphatic hydroxyl groups is 1. The molecule has 5 rings (SSSR count). The molecule has 11 heteroatoms. The van der Waals surface area contributed by atoms with Crippen molar-refractivity contribution in [3.63, 3.8) is 0 Å². The van der Waals surface area contributed by atoms with E-state index in [-0.39, 0.29) is 19.4 Å². The molecule has 2 unspecified atom stereocenters. The van der Waals surface area contributed by atoms with Crippen LogP contribution in [0.2, 0.25) is 0 Å². The zero-order valence-corrected chi connectivity index (χ0v) is 17.4. The maximum absolute atomic E-state index is 11.1. The quantitative estimate of drug-likeness (QED) is 0.649. The third-order valence-corrected chi connectivity index (χ3v) is 5.74. The van der Waals surface area contributed by atoms with Crippen molar-refractivity contribution < 1.29 is 13.9 Å². The molecule has 8 nitrogen and oxygen atoms in total. The molecule has 1 radical (unpaired) electrons. The van der Waals surface area contributed by atoms with Crippen LogP contribution >= 0.6 is 0 Å². The van der Waals surface area contributed by atoms with E-state index in [9.17, 15) is 8.78 Å². The summed E-state index contributed by atoms with van der Waals surface area (Å²) in [5.41, 5.74) is 0.836. The molecule has 3 aliphatic rings. The van der Waals surface area contributed by atoms with Gasteiger partial charge in [-0.05, 0) is 6.42 Å². The second-order valence-corrected chi connectivity index (χ2v) is 8.17. The van der Waals surface area contributed by atoms with E-state index in [1.54, 1.807) is 23.2 Å². The molecule has 2 atom stereocenters. The Morgan fingerprint density at radius 1 is 1.26 bits per heavy atom. The summed E-state index contributed by atoms with van der Waals surface area (Å²) in [6.07, 6.45) is 10.4. The molecule has 0 aromatic carbocycles. The average molecular weight is 430 g/mol. The predicted molar refractivity (Wildman–Crippen MR) is 116 cm³/mol. The molecule has 0 amide bonds. The van der Waals surface area contributed by atoms with Gasteiger partial charge in [0.1, 0.15) is 0 Å².